The Kier molecular flexibility index (Phi) is 4.87. The van der Waals surface area contributed by atoms with Gasteiger partial charge in [-0.2, -0.15) is 0 Å². The van der Waals surface area contributed by atoms with Gasteiger partial charge in [0, 0.05) is 10.6 Å². The number of hydrogen-bond donors (Lipinski definition) is 2. The molecule has 2 N–H and O–H groups in total. The number of rotatable bonds is 4. The molecule has 2 atom stereocenters. The maximum atomic E-state index is 9.66. The van der Waals surface area contributed by atoms with Crippen LogP contribution in [-0.2, 0) is 0 Å². The van der Waals surface area contributed by atoms with Crippen LogP contribution in [0.1, 0.15) is 18.5 Å². The molecule has 0 fully saturated rings. The van der Waals surface area contributed by atoms with Crippen molar-refractivity contribution >= 4 is 23.2 Å². The smallest absolute Gasteiger partial charge is 0.142 e. The van der Waals surface area contributed by atoms with E-state index in [1.165, 1.54) is 7.11 Å². The molecule has 0 aliphatic carbocycles. The first kappa shape index (κ1) is 13.6. The van der Waals surface area contributed by atoms with Gasteiger partial charge in [-0.05, 0) is 26.1 Å². The molecule has 2 unspecified atom stereocenters. The molecule has 3 nitrogen and oxygen atoms in total. The lowest BCUT2D eigenvalue weighted by atomic mass is 10.0. The number of hydrogen-bond acceptors (Lipinski definition) is 3. The summed E-state index contributed by atoms with van der Waals surface area (Å²) in [6, 6.07) is 3.08. The van der Waals surface area contributed by atoms with Gasteiger partial charge in [-0.1, -0.05) is 23.2 Å². The zero-order valence-corrected chi connectivity index (χ0v) is 10.9. The zero-order chi connectivity index (χ0) is 12.3. The standard InChI is InChI=1S/C11H15Cl2NO2/c1-6(15)10(14-2)8-4-7(12)5-9(13)11(8)16-3/h4-6,10,14-15H,1-3H3. The number of aliphatic hydroxyl groups excluding tert-OH is 1. The Labute approximate surface area is 105 Å². The van der Waals surface area contributed by atoms with Crippen molar-refractivity contribution in [1.29, 1.82) is 0 Å². The third kappa shape index (κ3) is 2.80. The molecule has 0 saturated carbocycles. The van der Waals surface area contributed by atoms with E-state index in [-0.39, 0.29) is 6.04 Å². The molecule has 0 saturated heterocycles. The Morgan fingerprint density at radius 1 is 1.38 bits per heavy atom. The van der Waals surface area contributed by atoms with Crippen LogP contribution in [0.5, 0.6) is 5.75 Å². The lowest BCUT2D eigenvalue weighted by Crippen LogP contribution is -2.27. The van der Waals surface area contributed by atoms with Crippen LogP contribution < -0.4 is 10.1 Å². The fourth-order valence-electron chi connectivity index (χ4n) is 1.68. The van der Waals surface area contributed by atoms with E-state index in [1.54, 1.807) is 26.1 Å². The molecule has 1 rings (SSSR count). The van der Waals surface area contributed by atoms with E-state index in [1.807, 2.05) is 0 Å². The summed E-state index contributed by atoms with van der Waals surface area (Å²) in [5.41, 5.74) is 0.748. The Balaban J connectivity index is 3.29. The molecule has 16 heavy (non-hydrogen) atoms. The van der Waals surface area contributed by atoms with E-state index < -0.39 is 6.10 Å². The number of halogens is 2. The predicted molar refractivity (Wildman–Crippen MR) is 66.5 cm³/mol. The summed E-state index contributed by atoms with van der Waals surface area (Å²) in [4.78, 5) is 0. The third-order valence-electron chi connectivity index (χ3n) is 2.37. The van der Waals surface area contributed by atoms with E-state index >= 15 is 0 Å². The Morgan fingerprint density at radius 2 is 2.00 bits per heavy atom. The monoisotopic (exact) mass is 263 g/mol. The summed E-state index contributed by atoms with van der Waals surface area (Å²) in [5.74, 6) is 0.534. The molecule has 0 aromatic heterocycles. The van der Waals surface area contributed by atoms with E-state index in [9.17, 15) is 5.11 Å². The summed E-state index contributed by atoms with van der Waals surface area (Å²) in [6.07, 6.45) is -0.576. The van der Waals surface area contributed by atoms with Crippen LogP contribution in [-0.4, -0.2) is 25.4 Å². The average Bonchev–Trinajstić information content (AvgIpc) is 2.17. The second kappa shape index (κ2) is 5.73. The first-order valence-corrected chi connectivity index (χ1v) is 5.65. The number of likely N-dealkylation sites (N-methyl/N-ethyl adjacent to an activating group) is 1. The van der Waals surface area contributed by atoms with Crippen LogP contribution in [0.15, 0.2) is 12.1 Å². The zero-order valence-electron chi connectivity index (χ0n) is 9.42. The lowest BCUT2D eigenvalue weighted by Gasteiger charge is -2.22. The maximum absolute atomic E-state index is 9.66. The van der Waals surface area contributed by atoms with Crippen LogP contribution in [0, 0.1) is 0 Å². The molecule has 0 amide bonds. The largest absolute Gasteiger partial charge is 0.495 e. The second-order valence-corrected chi connectivity index (χ2v) is 4.36. The van der Waals surface area contributed by atoms with Crippen LogP contribution in [0.2, 0.25) is 10.0 Å². The van der Waals surface area contributed by atoms with Crippen molar-refractivity contribution in [1.82, 2.24) is 5.32 Å². The molecular weight excluding hydrogens is 249 g/mol. The molecule has 5 heteroatoms. The van der Waals surface area contributed by atoms with Gasteiger partial charge < -0.3 is 15.2 Å². The van der Waals surface area contributed by atoms with Crippen LogP contribution >= 0.6 is 23.2 Å². The first-order chi connectivity index (χ1) is 7.51. The number of ether oxygens (including phenoxy) is 1. The van der Waals surface area contributed by atoms with Crippen molar-refractivity contribution < 1.29 is 9.84 Å². The summed E-state index contributed by atoms with van der Waals surface area (Å²) >= 11 is 12.0. The minimum Gasteiger partial charge on any atom is -0.495 e. The molecule has 0 aliphatic rings. The summed E-state index contributed by atoms with van der Waals surface area (Å²) < 4.78 is 5.22. The van der Waals surface area contributed by atoms with Crippen LogP contribution in [0.25, 0.3) is 0 Å². The second-order valence-electron chi connectivity index (χ2n) is 3.52. The van der Waals surface area contributed by atoms with Gasteiger partial charge in [-0.15, -0.1) is 0 Å². The SMILES string of the molecule is CNC(c1cc(Cl)cc(Cl)c1OC)C(C)O. The van der Waals surface area contributed by atoms with Crippen LogP contribution in [0.4, 0.5) is 0 Å². The number of benzene rings is 1. The summed E-state index contributed by atoms with van der Waals surface area (Å²) in [5, 5.41) is 13.6. The highest BCUT2D eigenvalue weighted by atomic mass is 35.5. The molecule has 0 heterocycles. The molecule has 0 bridgehead atoms. The average molecular weight is 264 g/mol. The van der Waals surface area contributed by atoms with Crippen molar-refractivity contribution in [3.05, 3.63) is 27.7 Å². The minimum atomic E-state index is -0.576. The van der Waals surface area contributed by atoms with Gasteiger partial charge in [-0.25, -0.2) is 0 Å². The highest BCUT2D eigenvalue weighted by molar-refractivity contribution is 6.35. The van der Waals surface area contributed by atoms with Gasteiger partial charge in [0.05, 0.1) is 24.3 Å². The first-order valence-electron chi connectivity index (χ1n) is 4.89. The third-order valence-corrected chi connectivity index (χ3v) is 2.87. The molecule has 1 aromatic carbocycles. The van der Waals surface area contributed by atoms with Crippen molar-refractivity contribution in [2.75, 3.05) is 14.2 Å². The quantitative estimate of drug-likeness (QED) is 0.878. The maximum Gasteiger partial charge on any atom is 0.142 e. The number of methoxy groups -OCH3 is 1. The number of nitrogens with one attached hydrogen (secondary N) is 1. The fourth-order valence-corrected chi connectivity index (χ4v) is 2.27. The van der Waals surface area contributed by atoms with Crippen molar-refractivity contribution in [2.45, 2.75) is 19.1 Å². The Morgan fingerprint density at radius 3 is 2.44 bits per heavy atom. The van der Waals surface area contributed by atoms with Gasteiger partial charge in [0.25, 0.3) is 0 Å². The van der Waals surface area contributed by atoms with Crippen molar-refractivity contribution in [2.24, 2.45) is 0 Å². The van der Waals surface area contributed by atoms with Gasteiger partial charge in [0.1, 0.15) is 5.75 Å². The van der Waals surface area contributed by atoms with E-state index in [0.29, 0.717) is 15.8 Å². The van der Waals surface area contributed by atoms with Crippen molar-refractivity contribution in [3.63, 3.8) is 0 Å². The highest BCUT2D eigenvalue weighted by Gasteiger charge is 2.21. The molecule has 0 spiro atoms. The van der Waals surface area contributed by atoms with E-state index in [4.69, 9.17) is 27.9 Å². The molecular formula is C11H15Cl2NO2. The highest BCUT2D eigenvalue weighted by Crippen LogP contribution is 2.36. The van der Waals surface area contributed by atoms with E-state index in [2.05, 4.69) is 5.32 Å². The topological polar surface area (TPSA) is 41.5 Å². The Bertz CT molecular complexity index is 369. The molecule has 0 aliphatic heterocycles. The molecule has 90 valence electrons. The molecule has 1 aromatic rings. The van der Waals surface area contributed by atoms with Gasteiger partial charge in [-0.3, -0.25) is 0 Å². The summed E-state index contributed by atoms with van der Waals surface area (Å²) in [6.45, 7) is 1.69. The Hall–Kier alpha value is -0.480. The van der Waals surface area contributed by atoms with Gasteiger partial charge in [0.15, 0.2) is 0 Å². The number of aliphatic hydroxyl groups is 1. The minimum absolute atomic E-state index is 0.272. The van der Waals surface area contributed by atoms with E-state index in [0.717, 1.165) is 5.56 Å². The van der Waals surface area contributed by atoms with Crippen molar-refractivity contribution in [3.8, 4) is 5.75 Å². The summed E-state index contributed by atoms with van der Waals surface area (Å²) in [7, 11) is 3.29. The van der Waals surface area contributed by atoms with Gasteiger partial charge >= 0.3 is 0 Å². The normalized spacial score (nSPS) is 14.6. The lowest BCUT2D eigenvalue weighted by molar-refractivity contribution is 0.148. The fraction of sp³-hybridized carbons (Fsp3) is 0.455. The van der Waals surface area contributed by atoms with Crippen LogP contribution in [0.3, 0.4) is 0 Å². The van der Waals surface area contributed by atoms with Gasteiger partial charge in [0.2, 0.25) is 0 Å². The predicted octanol–water partition coefficient (Wildman–Crippen LogP) is 2.64. The molecule has 0 radical (unpaired) electrons.